The van der Waals surface area contributed by atoms with E-state index in [0.29, 0.717) is 30.5 Å². The maximum atomic E-state index is 17.4. The summed E-state index contributed by atoms with van der Waals surface area (Å²) in [4.78, 5) is 32.1. The van der Waals surface area contributed by atoms with E-state index in [-0.39, 0.29) is 25.0 Å². The first kappa shape index (κ1) is 28.2. The highest BCUT2D eigenvalue weighted by molar-refractivity contribution is 8.13. The van der Waals surface area contributed by atoms with Crippen molar-refractivity contribution in [3.8, 4) is 12.8 Å². The summed E-state index contributed by atoms with van der Waals surface area (Å²) in [5, 5.41) is 12.7. The number of hydrogen-bond donors (Lipinski definition) is 1. The van der Waals surface area contributed by atoms with Crippen LogP contribution in [0.1, 0.15) is 38.9 Å². The predicted octanol–water partition coefficient (Wildman–Crippen LogP) is 4.75. The number of nitrogens with zero attached hydrogens (tertiary/aromatic N) is 1. The Labute approximate surface area is 230 Å². The third-order valence-electron chi connectivity index (χ3n) is 10.1. The second-order valence-electron chi connectivity index (χ2n) is 11.6. The van der Waals surface area contributed by atoms with Crippen LogP contribution in [-0.4, -0.2) is 57.2 Å². The van der Waals surface area contributed by atoms with Gasteiger partial charge in [0.05, 0.1) is 18.9 Å². The summed E-state index contributed by atoms with van der Waals surface area (Å²) in [6.07, 6.45) is 10.3. The van der Waals surface area contributed by atoms with Gasteiger partial charge in [-0.05, 0) is 62.0 Å². The van der Waals surface area contributed by atoms with Gasteiger partial charge in [-0.1, -0.05) is 24.8 Å². The van der Waals surface area contributed by atoms with Crippen LogP contribution in [-0.2, 0) is 21.0 Å². The minimum Gasteiger partial charge on any atom is -0.468 e. The van der Waals surface area contributed by atoms with E-state index in [1.165, 1.54) is 18.4 Å². The van der Waals surface area contributed by atoms with Gasteiger partial charge in [0.1, 0.15) is 17.9 Å². The molecule has 6 nitrogen and oxygen atoms in total. The SMILES string of the molecule is C#C.C[C@]12C=CC(=O)C=C1[C@@H](F)C[C@H]1C3C[C@H]4CN(Cc5ccco5)O[C@@]4(C(=O)SCF)[C@@]3(C)C[C@H](O)[C@@]12F. The van der Waals surface area contributed by atoms with Gasteiger partial charge in [0.25, 0.3) is 0 Å². The third-order valence-corrected chi connectivity index (χ3v) is 10.8. The summed E-state index contributed by atoms with van der Waals surface area (Å²) in [6, 6.07) is 2.59. The molecular formula is C29H32F3NO5S. The van der Waals surface area contributed by atoms with Crippen molar-refractivity contribution < 1.29 is 37.1 Å². The lowest BCUT2D eigenvalue weighted by Crippen LogP contribution is -2.70. The average Bonchev–Trinajstić information content (AvgIpc) is 3.60. The molecule has 0 amide bonds. The predicted molar refractivity (Wildman–Crippen MR) is 139 cm³/mol. The molecule has 0 radical (unpaired) electrons. The Kier molecular flexibility index (Phi) is 6.98. The first-order valence-electron chi connectivity index (χ1n) is 13.0. The number of alkyl halides is 3. The quantitative estimate of drug-likeness (QED) is 0.530. The highest BCUT2D eigenvalue weighted by Crippen LogP contribution is 2.73. The van der Waals surface area contributed by atoms with Gasteiger partial charge >= 0.3 is 0 Å². The van der Waals surface area contributed by atoms with Crippen molar-refractivity contribution >= 4 is 22.7 Å². The smallest absolute Gasteiger partial charge is 0.226 e. The molecule has 1 unspecified atom stereocenters. The molecule has 210 valence electrons. The number of rotatable bonds is 4. The number of fused-ring (bicyclic) bond motifs is 7. The van der Waals surface area contributed by atoms with Crippen LogP contribution in [0.5, 0.6) is 0 Å². The number of allylic oxidation sites excluding steroid dienone is 4. The number of terminal acetylenes is 1. The second-order valence-corrected chi connectivity index (χ2v) is 12.4. The molecule has 0 bridgehead atoms. The lowest BCUT2D eigenvalue weighted by Gasteiger charge is -2.63. The lowest BCUT2D eigenvalue weighted by atomic mass is 9.44. The molecule has 0 spiro atoms. The maximum Gasteiger partial charge on any atom is 0.226 e. The van der Waals surface area contributed by atoms with Crippen LogP contribution >= 0.6 is 11.8 Å². The molecule has 4 aliphatic carbocycles. The van der Waals surface area contributed by atoms with Crippen LogP contribution in [0.25, 0.3) is 0 Å². The third kappa shape index (κ3) is 3.62. The van der Waals surface area contributed by atoms with E-state index in [4.69, 9.17) is 9.25 Å². The van der Waals surface area contributed by atoms with Crippen molar-refractivity contribution in [3.63, 3.8) is 0 Å². The van der Waals surface area contributed by atoms with Crippen LogP contribution in [0.15, 0.2) is 46.6 Å². The molecule has 1 aromatic rings. The zero-order chi connectivity index (χ0) is 28.4. The number of halogens is 3. The molecule has 10 heteroatoms. The number of hydroxylamine groups is 2. The summed E-state index contributed by atoms with van der Waals surface area (Å²) < 4.78 is 52.0. The largest absolute Gasteiger partial charge is 0.468 e. The molecule has 3 saturated carbocycles. The molecule has 9 atom stereocenters. The van der Waals surface area contributed by atoms with Gasteiger partial charge in [-0.25, -0.2) is 13.2 Å². The van der Waals surface area contributed by atoms with Gasteiger partial charge in [-0.3, -0.25) is 14.4 Å². The molecule has 2 heterocycles. The lowest BCUT2D eigenvalue weighted by molar-refractivity contribution is -0.266. The molecule has 1 aliphatic heterocycles. The van der Waals surface area contributed by atoms with Gasteiger partial charge in [0.15, 0.2) is 17.1 Å². The number of carbonyl (C=O) groups is 2. The first-order chi connectivity index (χ1) is 18.5. The van der Waals surface area contributed by atoms with E-state index in [0.717, 1.165) is 6.08 Å². The number of furan rings is 1. The number of aliphatic hydroxyl groups is 1. The Balaban J connectivity index is 0.00000151. The highest BCUT2D eigenvalue weighted by atomic mass is 32.2. The first-order valence-corrected chi connectivity index (χ1v) is 14.0. The molecule has 1 aromatic heterocycles. The molecule has 5 aliphatic rings. The standard InChI is InChI=1S/C27H30F3NO5S.C2H2/c1-24-6-5-16(32)9-20(24)21(29)10-19-18-8-15-12-31(13-17-4-3-7-35-17)36-27(15,23(34)37-14-28)25(18,2)11-22(33)26(19,24)30;1-2/h3-7,9,15,18-19,21-22,33H,8,10-14H2,1-2H3;1-2H/t15-,18?,19-,21-,22-,24-,25-,26-,27-;/m0./s1. The summed E-state index contributed by atoms with van der Waals surface area (Å²) in [5.74, 6) is -1.59. The zero-order valence-electron chi connectivity index (χ0n) is 21.8. The number of carbonyl (C=O) groups excluding carboxylic acids is 2. The fourth-order valence-electron chi connectivity index (χ4n) is 8.49. The van der Waals surface area contributed by atoms with Crippen molar-refractivity contribution in [3.05, 3.63) is 48.0 Å². The summed E-state index contributed by atoms with van der Waals surface area (Å²) in [5.41, 5.74) is -6.25. The van der Waals surface area contributed by atoms with Crippen molar-refractivity contribution in [2.45, 2.75) is 63.2 Å². The van der Waals surface area contributed by atoms with Crippen molar-refractivity contribution in [1.29, 1.82) is 0 Å². The molecular weight excluding hydrogens is 531 g/mol. The monoisotopic (exact) mass is 563 g/mol. The van der Waals surface area contributed by atoms with Crippen LogP contribution < -0.4 is 0 Å². The molecule has 6 rings (SSSR count). The average molecular weight is 564 g/mol. The van der Waals surface area contributed by atoms with Crippen LogP contribution in [0.4, 0.5) is 13.2 Å². The molecule has 4 fully saturated rings. The molecule has 0 aromatic carbocycles. The van der Waals surface area contributed by atoms with Crippen LogP contribution in [0.3, 0.4) is 0 Å². The Morgan fingerprint density at radius 2 is 2.03 bits per heavy atom. The number of aliphatic hydroxyl groups excluding tert-OH is 1. The highest BCUT2D eigenvalue weighted by Gasteiger charge is 2.79. The summed E-state index contributed by atoms with van der Waals surface area (Å²) in [7, 11) is 0. The van der Waals surface area contributed by atoms with Gasteiger partial charge in [-0.15, -0.1) is 12.8 Å². The maximum absolute atomic E-state index is 17.4. The van der Waals surface area contributed by atoms with E-state index < -0.39 is 69.0 Å². The van der Waals surface area contributed by atoms with Crippen LogP contribution in [0.2, 0.25) is 0 Å². The summed E-state index contributed by atoms with van der Waals surface area (Å²) in [6.45, 7) is 3.96. The zero-order valence-corrected chi connectivity index (χ0v) is 22.6. The van der Waals surface area contributed by atoms with Crippen molar-refractivity contribution in [2.24, 2.45) is 28.6 Å². The Bertz CT molecular complexity index is 1230. The van der Waals surface area contributed by atoms with Crippen molar-refractivity contribution in [1.82, 2.24) is 5.06 Å². The Morgan fingerprint density at radius 3 is 2.69 bits per heavy atom. The van der Waals surface area contributed by atoms with Crippen LogP contribution in [0, 0.1) is 41.4 Å². The minimum absolute atomic E-state index is 0.0549. The van der Waals surface area contributed by atoms with E-state index in [1.54, 1.807) is 31.0 Å². The van der Waals surface area contributed by atoms with E-state index in [9.17, 15) is 19.1 Å². The van der Waals surface area contributed by atoms with Gasteiger partial charge in [-0.2, -0.15) is 5.06 Å². The van der Waals surface area contributed by atoms with E-state index in [2.05, 4.69) is 12.8 Å². The van der Waals surface area contributed by atoms with E-state index >= 15 is 8.78 Å². The van der Waals surface area contributed by atoms with Gasteiger partial charge in [0, 0.05) is 29.2 Å². The fourth-order valence-corrected chi connectivity index (χ4v) is 9.24. The molecule has 1 saturated heterocycles. The number of ketones is 1. The number of hydrogen-bond acceptors (Lipinski definition) is 7. The summed E-state index contributed by atoms with van der Waals surface area (Å²) >= 11 is 0.520. The van der Waals surface area contributed by atoms with Gasteiger partial charge in [0.2, 0.25) is 5.12 Å². The normalized spacial score (nSPS) is 44.4. The second kappa shape index (κ2) is 9.65. The van der Waals surface area contributed by atoms with E-state index in [1.807, 2.05) is 0 Å². The Hall–Kier alpha value is -2.32. The fraction of sp³-hybridized carbons (Fsp3) is 0.586. The Morgan fingerprint density at radius 1 is 1.28 bits per heavy atom. The van der Waals surface area contributed by atoms with Crippen molar-refractivity contribution in [2.75, 3.05) is 12.6 Å². The molecule has 1 N–H and O–H groups in total. The molecule has 39 heavy (non-hydrogen) atoms. The number of thioether (sulfide) groups is 1. The topological polar surface area (TPSA) is 80.0 Å². The minimum atomic E-state index is -2.24. The van der Waals surface area contributed by atoms with Gasteiger partial charge < -0.3 is 9.52 Å².